The van der Waals surface area contributed by atoms with Crippen molar-refractivity contribution in [2.24, 2.45) is 0 Å². The molecule has 0 amide bonds. The summed E-state index contributed by atoms with van der Waals surface area (Å²) in [5.74, 6) is -0.896. The van der Waals surface area contributed by atoms with Gasteiger partial charge in [0.1, 0.15) is 13.2 Å². The molecule has 0 saturated carbocycles. The van der Waals surface area contributed by atoms with Gasteiger partial charge in [-0.25, -0.2) is 0 Å². The van der Waals surface area contributed by atoms with Crippen molar-refractivity contribution < 1.29 is 28.6 Å². The number of unbranched alkanes of at least 4 members (excludes halogenated alkanes) is 30. The topological polar surface area (TPSA) is 78.9 Å². The maximum atomic E-state index is 12.9. The summed E-state index contributed by atoms with van der Waals surface area (Å²) >= 11 is 0. The second kappa shape index (κ2) is 62.9. The van der Waals surface area contributed by atoms with E-state index in [9.17, 15) is 14.4 Å². The Kier molecular flexibility index (Phi) is 59.8. The Morgan fingerprint density at radius 2 is 0.520 bits per heavy atom. The van der Waals surface area contributed by atoms with Crippen molar-refractivity contribution in [3.63, 3.8) is 0 Å². The van der Waals surface area contributed by atoms with Crippen LogP contribution in [-0.2, 0) is 28.6 Å². The molecule has 0 aliphatic heterocycles. The molecule has 0 spiro atoms. The van der Waals surface area contributed by atoms with E-state index in [4.69, 9.17) is 14.2 Å². The van der Waals surface area contributed by atoms with Gasteiger partial charge in [-0.2, -0.15) is 0 Å². The molecule has 430 valence electrons. The van der Waals surface area contributed by atoms with Gasteiger partial charge in [0.25, 0.3) is 0 Å². The van der Waals surface area contributed by atoms with Crippen molar-refractivity contribution in [3.8, 4) is 0 Å². The summed E-state index contributed by atoms with van der Waals surface area (Å²) in [6.45, 7) is 6.53. The Bertz CT molecular complexity index is 1480. The van der Waals surface area contributed by atoms with Gasteiger partial charge >= 0.3 is 17.9 Å². The molecule has 0 aliphatic carbocycles. The van der Waals surface area contributed by atoms with Crippen LogP contribution in [0.2, 0.25) is 0 Å². The van der Waals surface area contributed by atoms with Crippen LogP contribution in [-0.4, -0.2) is 37.2 Å². The van der Waals surface area contributed by atoms with Gasteiger partial charge in [-0.15, -0.1) is 0 Å². The minimum atomic E-state index is -0.785. The Hall–Kier alpha value is -3.67. The molecule has 1 atom stereocenters. The average molecular weight is 1040 g/mol. The first-order valence-electron chi connectivity index (χ1n) is 31.7. The molecule has 0 radical (unpaired) electrons. The Morgan fingerprint density at radius 1 is 0.280 bits per heavy atom. The number of carbonyl (C=O) groups excluding carboxylic acids is 3. The fraction of sp³-hybridized carbons (Fsp3) is 0.725. The maximum Gasteiger partial charge on any atom is 0.306 e. The van der Waals surface area contributed by atoms with E-state index in [1.54, 1.807) is 0 Å². The minimum Gasteiger partial charge on any atom is -0.462 e. The predicted octanol–water partition coefficient (Wildman–Crippen LogP) is 21.7. The third-order valence-corrected chi connectivity index (χ3v) is 13.6. The molecule has 0 aromatic rings. The third kappa shape index (κ3) is 61.1. The van der Waals surface area contributed by atoms with Crippen LogP contribution in [0.5, 0.6) is 0 Å². The third-order valence-electron chi connectivity index (χ3n) is 13.6. The van der Waals surface area contributed by atoms with Gasteiger partial charge in [0.15, 0.2) is 6.10 Å². The number of allylic oxidation sites excluding steroid dienone is 16. The summed E-state index contributed by atoms with van der Waals surface area (Å²) in [7, 11) is 0. The minimum absolute atomic E-state index is 0.0814. The number of esters is 3. The molecule has 0 aliphatic rings. The van der Waals surface area contributed by atoms with Crippen LogP contribution in [0.25, 0.3) is 0 Å². The zero-order chi connectivity index (χ0) is 54.3. The SMILES string of the molecule is CC/C=C\C/C=C\C/C=C\C/C=C\C/C=C\C/C=C\C/C=C\C/C=C\CCCCCCC(=O)OCC(COC(=O)CCCCCCCCCCCCCCC)OC(=O)CCCCCCCCCCCCCCCCC. The highest BCUT2D eigenvalue weighted by molar-refractivity contribution is 5.71. The monoisotopic (exact) mass is 1040 g/mol. The fourth-order valence-electron chi connectivity index (χ4n) is 8.87. The summed E-state index contributed by atoms with van der Waals surface area (Å²) < 4.78 is 16.9. The second-order valence-electron chi connectivity index (χ2n) is 21.0. The molecule has 0 fully saturated rings. The largest absolute Gasteiger partial charge is 0.462 e. The first-order chi connectivity index (χ1) is 37.0. The summed E-state index contributed by atoms with van der Waals surface area (Å²) in [6.07, 6.45) is 84.1. The van der Waals surface area contributed by atoms with Gasteiger partial charge in [0.2, 0.25) is 0 Å². The predicted molar refractivity (Wildman–Crippen MR) is 325 cm³/mol. The lowest BCUT2D eigenvalue weighted by molar-refractivity contribution is -0.167. The van der Waals surface area contributed by atoms with Crippen molar-refractivity contribution in [3.05, 3.63) is 97.2 Å². The van der Waals surface area contributed by atoms with Crippen LogP contribution in [0.3, 0.4) is 0 Å². The zero-order valence-corrected chi connectivity index (χ0v) is 49.3. The van der Waals surface area contributed by atoms with E-state index in [-0.39, 0.29) is 31.1 Å². The maximum absolute atomic E-state index is 12.9. The highest BCUT2D eigenvalue weighted by atomic mass is 16.6. The van der Waals surface area contributed by atoms with Crippen LogP contribution in [0.15, 0.2) is 97.2 Å². The Labute approximate surface area is 464 Å². The van der Waals surface area contributed by atoms with Crippen molar-refractivity contribution in [2.45, 2.75) is 309 Å². The number of rotatable bonds is 57. The van der Waals surface area contributed by atoms with Gasteiger partial charge in [0, 0.05) is 19.3 Å². The first kappa shape index (κ1) is 71.3. The fourth-order valence-corrected chi connectivity index (χ4v) is 8.87. The standard InChI is InChI=1S/C69H118O6/c1-4-7-10-13-16-19-22-25-27-28-29-30-31-32-33-34-35-36-37-38-39-40-42-44-47-50-53-56-59-62-68(71)74-65-66(64-73-67(70)61-58-55-52-49-46-43-24-21-18-15-12-9-6-3)75-69(72)63-60-57-54-51-48-45-41-26-23-20-17-14-11-8-5-2/h7,10,16,19,25,27,29-30,32-33,35-36,38-39,42,44,66H,4-6,8-9,11-15,17-18,20-24,26,28,31,34,37,40-41,43,45-65H2,1-3H3/b10-7-,19-16-,27-25-,30-29-,33-32-,36-35-,39-38-,44-42-. The molecular formula is C69H118O6. The van der Waals surface area contributed by atoms with Crippen molar-refractivity contribution in [1.82, 2.24) is 0 Å². The van der Waals surface area contributed by atoms with Crippen molar-refractivity contribution in [1.29, 1.82) is 0 Å². The highest BCUT2D eigenvalue weighted by Crippen LogP contribution is 2.16. The summed E-state index contributed by atoms with van der Waals surface area (Å²) in [4.78, 5) is 38.2. The molecule has 6 heteroatoms. The normalized spacial score (nSPS) is 12.7. The van der Waals surface area contributed by atoms with E-state index < -0.39 is 6.10 Å². The van der Waals surface area contributed by atoms with E-state index in [1.165, 1.54) is 141 Å². The van der Waals surface area contributed by atoms with Crippen LogP contribution >= 0.6 is 0 Å². The van der Waals surface area contributed by atoms with Gasteiger partial charge < -0.3 is 14.2 Å². The molecule has 1 unspecified atom stereocenters. The van der Waals surface area contributed by atoms with Gasteiger partial charge in [-0.1, -0.05) is 298 Å². The van der Waals surface area contributed by atoms with Crippen LogP contribution < -0.4 is 0 Å². The number of ether oxygens (including phenoxy) is 3. The lowest BCUT2D eigenvalue weighted by atomic mass is 10.0. The quantitative estimate of drug-likeness (QED) is 0.0261. The number of hydrogen-bond acceptors (Lipinski definition) is 6. The first-order valence-corrected chi connectivity index (χ1v) is 31.7. The lowest BCUT2D eigenvalue weighted by Gasteiger charge is -2.18. The summed E-state index contributed by atoms with van der Waals surface area (Å²) in [5.41, 5.74) is 0. The second-order valence-corrected chi connectivity index (χ2v) is 21.0. The van der Waals surface area contributed by atoms with Crippen LogP contribution in [0.1, 0.15) is 303 Å². The smallest absolute Gasteiger partial charge is 0.306 e. The van der Waals surface area contributed by atoms with E-state index in [1.807, 2.05) is 0 Å². The van der Waals surface area contributed by atoms with E-state index in [2.05, 4.69) is 118 Å². The molecule has 0 heterocycles. The highest BCUT2D eigenvalue weighted by Gasteiger charge is 2.19. The Balaban J connectivity index is 4.34. The summed E-state index contributed by atoms with van der Waals surface area (Å²) in [6, 6.07) is 0. The number of carbonyl (C=O) groups is 3. The molecule has 0 aromatic carbocycles. The molecule has 0 bridgehead atoms. The van der Waals surface area contributed by atoms with E-state index >= 15 is 0 Å². The molecule has 0 aromatic heterocycles. The van der Waals surface area contributed by atoms with Gasteiger partial charge in [0.05, 0.1) is 0 Å². The number of hydrogen-bond donors (Lipinski definition) is 0. The Morgan fingerprint density at radius 3 is 0.813 bits per heavy atom. The zero-order valence-electron chi connectivity index (χ0n) is 49.3. The lowest BCUT2D eigenvalue weighted by Crippen LogP contribution is -2.30. The van der Waals surface area contributed by atoms with Gasteiger partial charge in [-0.3, -0.25) is 14.4 Å². The average Bonchev–Trinajstić information content (AvgIpc) is 3.41. The van der Waals surface area contributed by atoms with E-state index in [0.717, 1.165) is 122 Å². The molecule has 0 rings (SSSR count). The van der Waals surface area contributed by atoms with Crippen molar-refractivity contribution in [2.75, 3.05) is 13.2 Å². The molecule has 6 nitrogen and oxygen atoms in total. The van der Waals surface area contributed by atoms with Gasteiger partial charge in [-0.05, 0) is 83.5 Å². The van der Waals surface area contributed by atoms with E-state index in [0.29, 0.717) is 19.3 Å². The van der Waals surface area contributed by atoms with Crippen LogP contribution in [0, 0.1) is 0 Å². The molecular weight excluding hydrogens is 925 g/mol. The molecule has 75 heavy (non-hydrogen) atoms. The molecule has 0 saturated heterocycles. The van der Waals surface area contributed by atoms with Crippen LogP contribution in [0.4, 0.5) is 0 Å². The molecule has 0 N–H and O–H groups in total. The summed E-state index contributed by atoms with van der Waals surface area (Å²) in [5, 5.41) is 0. The van der Waals surface area contributed by atoms with Crippen molar-refractivity contribution >= 4 is 17.9 Å².